The molecule has 0 aliphatic carbocycles. The Labute approximate surface area is 218 Å². The number of methoxy groups -OCH3 is 1. The van der Waals surface area contributed by atoms with Crippen molar-refractivity contribution in [2.75, 3.05) is 13.7 Å². The predicted octanol–water partition coefficient (Wildman–Crippen LogP) is 6.19. The number of nitrogens with one attached hydrogen (secondary N) is 1. The van der Waals surface area contributed by atoms with Gasteiger partial charge in [0.25, 0.3) is 5.91 Å². The number of rotatable bonds is 9. The van der Waals surface area contributed by atoms with Crippen LogP contribution in [0.1, 0.15) is 28.4 Å². The highest BCUT2D eigenvalue weighted by atomic mass is 127. The molecule has 1 amide bonds. The topological polar surface area (TPSA) is 69.2 Å². The van der Waals surface area contributed by atoms with Crippen molar-refractivity contribution in [1.29, 1.82) is 0 Å². The van der Waals surface area contributed by atoms with Crippen LogP contribution in [-0.4, -0.2) is 25.8 Å². The second-order valence-corrected chi connectivity index (χ2v) is 8.82. The van der Waals surface area contributed by atoms with Gasteiger partial charge in [0.2, 0.25) is 0 Å². The number of carbonyl (C=O) groups is 1. The van der Waals surface area contributed by atoms with Crippen LogP contribution in [0.4, 0.5) is 0 Å². The van der Waals surface area contributed by atoms with Gasteiger partial charge in [-0.15, -0.1) is 0 Å². The molecule has 1 N–H and O–H groups in total. The average Bonchev–Trinajstić information content (AvgIpc) is 2.88. The van der Waals surface area contributed by atoms with E-state index in [4.69, 9.17) is 14.2 Å². The van der Waals surface area contributed by atoms with Crippen LogP contribution in [0.3, 0.4) is 0 Å². The Kier molecular flexibility index (Phi) is 8.20. The molecule has 0 aromatic heterocycles. The summed E-state index contributed by atoms with van der Waals surface area (Å²) in [7, 11) is 1.58. The maximum absolute atomic E-state index is 12.3. The molecule has 0 saturated carbocycles. The van der Waals surface area contributed by atoms with Gasteiger partial charge in [0.1, 0.15) is 12.4 Å². The molecule has 4 rings (SSSR count). The smallest absolute Gasteiger partial charge is 0.271 e. The first-order chi connectivity index (χ1) is 17.1. The highest BCUT2D eigenvalue weighted by Crippen LogP contribution is 2.34. The lowest BCUT2D eigenvalue weighted by molar-refractivity contribution is 0.0955. The summed E-state index contributed by atoms with van der Waals surface area (Å²) in [6.07, 6.45) is 1.58. The van der Waals surface area contributed by atoms with Crippen molar-refractivity contribution >= 4 is 45.5 Å². The lowest BCUT2D eigenvalue weighted by atomic mass is 10.1. The number of hydrogen-bond acceptors (Lipinski definition) is 5. The van der Waals surface area contributed by atoms with E-state index in [-0.39, 0.29) is 5.91 Å². The molecule has 0 heterocycles. The van der Waals surface area contributed by atoms with Gasteiger partial charge in [0.05, 0.1) is 23.5 Å². The van der Waals surface area contributed by atoms with Crippen molar-refractivity contribution in [3.8, 4) is 17.2 Å². The molecule has 0 radical (unpaired) electrons. The van der Waals surface area contributed by atoms with Crippen LogP contribution in [0.2, 0.25) is 0 Å². The van der Waals surface area contributed by atoms with Crippen LogP contribution < -0.4 is 19.6 Å². The second kappa shape index (κ2) is 11.7. The number of amides is 1. The SMILES string of the molecule is CCOc1cc(/C=N/NC(=O)c2ccc(OC)cc2)cc(I)c1OCc1ccc2ccccc2c1. The summed E-state index contributed by atoms with van der Waals surface area (Å²) in [5, 5.41) is 6.47. The number of hydrazone groups is 1. The standard InChI is InChI=1S/C28H25IN2O4/c1-3-34-26-16-20(17-30-31-28(32)22-10-12-24(33-2)13-11-22)15-25(29)27(26)35-18-19-8-9-21-6-4-5-7-23(21)14-19/h4-17H,3,18H2,1-2H3,(H,31,32)/b30-17+. The zero-order valence-corrected chi connectivity index (χ0v) is 21.6. The van der Waals surface area contributed by atoms with E-state index in [1.165, 1.54) is 10.8 Å². The first-order valence-electron chi connectivity index (χ1n) is 11.1. The summed E-state index contributed by atoms with van der Waals surface area (Å²) < 4.78 is 18.0. The molecule has 4 aromatic rings. The van der Waals surface area contributed by atoms with E-state index in [9.17, 15) is 4.79 Å². The second-order valence-electron chi connectivity index (χ2n) is 7.66. The third-order valence-electron chi connectivity index (χ3n) is 5.26. The largest absolute Gasteiger partial charge is 0.497 e. The summed E-state index contributed by atoms with van der Waals surface area (Å²) in [6, 6.07) is 25.2. The summed E-state index contributed by atoms with van der Waals surface area (Å²) in [5.41, 5.74) is 4.90. The fraction of sp³-hybridized carbons (Fsp3) is 0.143. The summed E-state index contributed by atoms with van der Waals surface area (Å²) in [4.78, 5) is 12.3. The Morgan fingerprint density at radius 1 is 0.971 bits per heavy atom. The molecule has 4 aromatic carbocycles. The minimum absolute atomic E-state index is 0.307. The van der Waals surface area contributed by atoms with E-state index >= 15 is 0 Å². The molecule has 7 heteroatoms. The minimum atomic E-state index is -0.307. The van der Waals surface area contributed by atoms with Crippen molar-refractivity contribution in [3.63, 3.8) is 0 Å². The number of fused-ring (bicyclic) bond motifs is 1. The average molecular weight is 580 g/mol. The number of carbonyl (C=O) groups excluding carboxylic acids is 1. The van der Waals surface area contributed by atoms with Crippen molar-refractivity contribution in [1.82, 2.24) is 5.43 Å². The molecular formula is C28H25IN2O4. The lowest BCUT2D eigenvalue weighted by Gasteiger charge is -2.15. The Morgan fingerprint density at radius 2 is 1.74 bits per heavy atom. The van der Waals surface area contributed by atoms with Crippen LogP contribution in [0.5, 0.6) is 17.2 Å². The van der Waals surface area contributed by atoms with E-state index in [0.29, 0.717) is 36.0 Å². The minimum Gasteiger partial charge on any atom is -0.497 e. The molecule has 0 bridgehead atoms. The van der Waals surface area contributed by atoms with Gasteiger partial charge in [-0.25, -0.2) is 5.43 Å². The number of benzene rings is 4. The van der Waals surface area contributed by atoms with Crippen molar-refractivity contribution in [2.45, 2.75) is 13.5 Å². The Bertz CT molecular complexity index is 1350. The van der Waals surface area contributed by atoms with Crippen LogP contribution >= 0.6 is 22.6 Å². The van der Waals surface area contributed by atoms with Crippen molar-refractivity contribution < 1.29 is 19.0 Å². The fourth-order valence-electron chi connectivity index (χ4n) is 3.52. The summed E-state index contributed by atoms with van der Waals surface area (Å²) >= 11 is 2.22. The molecular weight excluding hydrogens is 555 g/mol. The van der Waals surface area contributed by atoms with E-state index < -0.39 is 0 Å². The highest BCUT2D eigenvalue weighted by molar-refractivity contribution is 14.1. The lowest BCUT2D eigenvalue weighted by Crippen LogP contribution is -2.17. The first-order valence-corrected chi connectivity index (χ1v) is 12.2. The Balaban J connectivity index is 1.46. The quantitative estimate of drug-likeness (QED) is 0.146. The van der Waals surface area contributed by atoms with Crippen LogP contribution in [-0.2, 0) is 6.61 Å². The zero-order valence-electron chi connectivity index (χ0n) is 19.5. The third-order valence-corrected chi connectivity index (χ3v) is 6.06. The highest BCUT2D eigenvalue weighted by Gasteiger charge is 2.13. The van der Waals surface area contributed by atoms with Crippen molar-refractivity contribution in [2.24, 2.45) is 5.10 Å². The first kappa shape index (κ1) is 24.5. The molecule has 6 nitrogen and oxygen atoms in total. The molecule has 0 fully saturated rings. The van der Waals surface area contributed by atoms with Gasteiger partial charge in [-0.3, -0.25) is 4.79 Å². The summed E-state index contributed by atoms with van der Waals surface area (Å²) in [5.74, 6) is 1.69. The van der Waals surface area contributed by atoms with Gasteiger partial charge >= 0.3 is 0 Å². The molecule has 0 aliphatic heterocycles. The third kappa shape index (κ3) is 6.30. The fourth-order valence-corrected chi connectivity index (χ4v) is 4.30. The van der Waals surface area contributed by atoms with E-state index in [0.717, 1.165) is 14.7 Å². The van der Waals surface area contributed by atoms with Gasteiger partial charge in [-0.2, -0.15) is 5.10 Å². The predicted molar refractivity (Wildman–Crippen MR) is 147 cm³/mol. The summed E-state index contributed by atoms with van der Waals surface area (Å²) in [6.45, 7) is 2.85. The number of halogens is 1. The Morgan fingerprint density at radius 3 is 2.49 bits per heavy atom. The van der Waals surface area contributed by atoms with E-state index in [1.807, 2.05) is 31.2 Å². The van der Waals surface area contributed by atoms with Gasteiger partial charge in [-0.05, 0) is 93.9 Å². The van der Waals surface area contributed by atoms with Gasteiger partial charge in [-0.1, -0.05) is 36.4 Å². The molecule has 0 atom stereocenters. The van der Waals surface area contributed by atoms with Gasteiger partial charge in [0, 0.05) is 5.56 Å². The molecule has 0 spiro atoms. The van der Waals surface area contributed by atoms with E-state index in [2.05, 4.69) is 63.4 Å². The monoisotopic (exact) mass is 580 g/mol. The van der Waals surface area contributed by atoms with Crippen LogP contribution in [0, 0.1) is 3.57 Å². The van der Waals surface area contributed by atoms with Gasteiger partial charge < -0.3 is 14.2 Å². The number of ether oxygens (including phenoxy) is 3. The molecule has 178 valence electrons. The Hall–Kier alpha value is -3.59. The molecule has 0 unspecified atom stereocenters. The molecule has 0 saturated heterocycles. The molecule has 35 heavy (non-hydrogen) atoms. The zero-order chi connectivity index (χ0) is 24.6. The van der Waals surface area contributed by atoms with Crippen molar-refractivity contribution in [3.05, 3.63) is 99.1 Å². The molecule has 0 aliphatic rings. The maximum Gasteiger partial charge on any atom is 0.271 e. The van der Waals surface area contributed by atoms with E-state index in [1.54, 1.807) is 37.6 Å². The number of hydrogen-bond donors (Lipinski definition) is 1. The van der Waals surface area contributed by atoms with Gasteiger partial charge in [0.15, 0.2) is 11.5 Å². The number of nitrogens with zero attached hydrogens (tertiary/aromatic N) is 1. The van der Waals surface area contributed by atoms with Crippen LogP contribution in [0.15, 0.2) is 84.0 Å². The van der Waals surface area contributed by atoms with Crippen LogP contribution in [0.25, 0.3) is 10.8 Å². The normalized spacial score (nSPS) is 10.9. The maximum atomic E-state index is 12.3.